The standard InChI is InChI=1S/C16H19ClFN3/c1-9(2)15-20-14(17)10(3)16(21-15)19-11(4)12-6-5-7-13(18)8-12/h5-9,11H,1-4H3,(H,19,20,21). The fraction of sp³-hybridized carbons (Fsp3) is 0.375. The molecule has 112 valence electrons. The third-order valence-corrected chi connectivity index (χ3v) is 3.69. The molecule has 1 atom stereocenters. The van der Waals surface area contributed by atoms with Crippen LogP contribution in [0.5, 0.6) is 0 Å². The van der Waals surface area contributed by atoms with E-state index in [-0.39, 0.29) is 17.8 Å². The molecule has 3 nitrogen and oxygen atoms in total. The molecule has 1 unspecified atom stereocenters. The van der Waals surface area contributed by atoms with E-state index in [4.69, 9.17) is 11.6 Å². The minimum atomic E-state index is -0.249. The van der Waals surface area contributed by atoms with Gasteiger partial charge in [-0.2, -0.15) is 0 Å². The molecular formula is C16H19ClFN3. The summed E-state index contributed by atoms with van der Waals surface area (Å²) in [6, 6.07) is 6.44. The number of nitrogens with zero attached hydrogens (tertiary/aromatic N) is 2. The molecule has 0 spiro atoms. The van der Waals surface area contributed by atoms with Crippen molar-refractivity contribution in [2.45, 2.75) is 39.7 Å². The van der Waals surface area contributed by atoms with Gasteiger partial charge in [0.25, 0.3) is 0 Å². The van der Waals surface area contributed by atoms with Crippen molar-refractivity contribution < 1.29 is 4.39 Å². The highest BCUT2D eigenvalue weighted by molar-refractivity contribution is 6.30. The second kappa shape index (κ2) is 6.39. The Morgan fingerprint density at radius 3 is 2.52 bits per heavy atom. The maximum atomic E-state index is 13.3. The Bertz CT molecular complexity index is 643. The van der Waals surface area contributed by atoms with Crippen LogP contribution in [0.2, 0.25) is 5.15 Å². The van der Waals surface area contributed by atoms with E-state index in [1.165, 1.54) is 12.1 Å². The largest absolute Gasteiger partial charge is 0.363 e. The number of halogens is 2. The predicted octanol–water partition coefficient (Wildman–Crippen LogP) is 4.87. The number of nitrogens with one attached hydrogen (secondary N) is 1. The fourth-order valence-electron chi connectivity index (χ4n) is 1.97. The smallest absolute Gasteiger partial charge is 0.137 e. The topological polar surface area (TPSA) is 37.8 Å². The van der Waals surface area contributed by atoms with Crippen LogP contribution in [0.1, 0.15) is 49.7 Å². The van der Waals surface area contributed by atoms with Crippen LogP contribution in [0.25, 0.3) is 0 Å². The number of rotatable bonds is 4. The number of benzene rings is 1. The van der Waals surface area contributed by atoms with Crippen molar-refractivity contribution in [1.29, 1.82) is 0 Å². The molecule has 0 aliphatic heterocycles. The zero-order valence-corrected chi connectivity index (χ0v) is 13.4. The van der Waals surface area contributed by atoms with Gasteiger partial charge in [-0.1, -0.05) is 37.6 Å². The summed E-state index contributed by atoms with van der Waals surface area (Å²) in [6.45, 7) is 7.86. The average molecular weight is 308 g/mol. The maximum absolute atomic E-state index is 13.3. The molecule has 0 bridgehead atoms. The van der Waals surface area contributed by atoms with Gasteiger partial charge in [-0.15, -0.1) is 0 Å². The molecule has 0 amide bonds. The molecule has 1 N–H and O–H groups in total. The monoisotopic (exact) mass is 307 g/mol. The van der Waals surface area contributed by atoms with Gasteiger partial charge < -0.3 is 5.32 Å². The summed E-state index contributed by atoms with van der Waals surface area (Å²) in [5, 5.41) is 3.73. The Hall–Kier alpha value is -1.68. The van der Waals surface area contributed by atoms with Crippen LogP contribution in [0.15, 0.2) is 24.3 Å². The third-order valence-electron chi connectivity index (χ3n) is 3.32. The zero-order chi connectivity index (χ0) is 15.6. The normalized spacial score (nSPS) is 12.5. The highest BCUT2D eigenvalue weighted by atomic mass is 35.5. The summed E-state index contributed by atoms with van der Waals surface area (Å²) >= 11 is 6.17. The minimum absolute atomic E-state index is 0.0784. The fourth-order valence-corrected chi connectivity index (χ4v) is 2.14. The van der Waals surface area contributed by atoms with Gasteiger partial charge in [-0.25, -0.2) is 14.4 Å². The molecular weight excluding hydrogens is 289 g/mol. The van der Waals surface area contributed by atoms with Gasteiger partial charge in [0.15, 0.2) is 0 Å². The van der Waals surface area contributed by atoms with Gasteiger partial charge in [0.1, 0.15) is 22.6 Å². The van der Waals surface area contributed by atoms with E-state index in [1.807, 2.05) is 33.8 Å². The summed E-state index contributed by atoms with van der Waals surface area (Å²) in [6.07, 6.45) is 0. The SMILES string of the molecule is Cc1c(Cl)nc(C(C)C)nc1NC(C)c1cccc(F)c1. The summed E-state index contributed by atoms with van der Waals surface area (Å²) in [5.74, 6) is 1.32. The number of hydrogen-bond donors (Lipinski definition) is 1. The van der Waals surface area contributed by atoms with Gasteiger partial charge >= 0.3 is 0 Å². The first-order valence-electron chi connectivity index (χ1n) is 6.94. The molecule has 2 rings (SSSR count). The molecule has 0 aliphatic rings. The first-order chi connectivity index (χ1) is 9.88. The lowest BCUT2D eigenvalue weighted by Crippen LogP contribution is -2.12. The molecule has 0 radical (unpaired) electrons. The Morgan fingerprint density at radius 1 is 1.19 bits per heavy atom. The quantitative estimate of drug-likeness (QED) is 0.819. The van der Waals surface area contributed by atoms with E-state index >= 15 is 0 Å². The van der Waals surface area contributed by atoms with Crippen LogP contribution in [-0.2, 0) is 0 Å². The van der Waals surface area contributed by atoms with E-state index < -0.39 is 0 Å². The zero-order valence-electron chi connectivity index (χ0n) is 12.6. The molecule has 0 saturated heterocycles. The van der Waals surface area contributed by atoms with Crippen LogP contribution >= 0.6 is 11.6 Å². The van der Waals surface area contributed by atoms with Gasteiger partial charge in [0.05, 0.1) is 6.04 Å². The average Bonchev–Trinajstić information content (AvgIpc) is 2.43. The van der Waals surface area contributed by atoms with E-state index in [2.05, 4.69) is 15.3 Å². The summed E-state index contributed by atoms with van der Waals surface area (Å²) in [5.41, 5.74) is 1.65. The summed E-state index contributed by atoms with van der Waals surface area (Å²) in [4.78, 5) is 8.80. The highest BCUT2D eigenvalue weighted by Gasteiger charge is 2.14. The first kappa shape index (κ1) is 15.7. The van der Waals surface area contributed by atoms with Crippen molar-refractivity contribution in [3.05, 3.63) is 52.2 Å². The molecule has 1 aromatic carbocycles. The number of hydrogen-bond acceptors (Lipinski definition) is 3. The van der Waals surface area contributed by atoms with Crippen molar-refractivity contribution in [2.24, 2.45) is 0 Å². The van der Waals surface area contributed by atoms with E-state index in [9.17, 15) is 4.39 Å². The molecule has 5 heteroatoms. The summed E-state index contributed by atoms with van der Waals surface area (Å²) < 4.78 is 13.3. The Morgan fingerprint density at radius 2 is 1.90 bits per heavy atom. The van der Waals surface area contributed by atoms with E-state index in [0.29, 0.717) is 16.8 Å². The van der Waals surface area contributed by atoms with Crippen molar-refractivity contribution in [2.75, 3.05) is 5.32 Å². The van der Waals surface area contributed by atoms with E-state index in [1.54, 1.807) is 6.07 Å². The van der Waals surface area contributed by atoms with Gasteiger partial charge in [-0.05, 0) is 31.5 Å². The second-order valence-corrected chi connectivity index (χ2v) is 5.78. The third kappa shape index (κ3) is 3.70. The lowest BCUT2D eigenvalue weighted by molar-refractivity contribution is 0.623. The van der Waals surface area contributed by atoms with Gasteiger partial charge in [-0.3, -0.25) is 0 Å². The highest BCUT2D eigenvalue weighted by Crippen LogP contribution is 2.26. The van der Waals surface area contributed by atoms with Crippen LogP contribution < -0.4 is 5.32 Å². The van der Waals surface area contributed by atoms with Gasteiger partial charge in [0, 0.05) is 11.5 Å². The lowest BCUT2D eigenvalue weighted by atomic mass is 10.1. The number of aromatic nitrogens is 2. The molecule has 0 saturated carbocycles. The Kier molecular flexibility index (Phi) is 4.78. The number of anilines is 1. The Balaban J connectivity index is 2.30. The molecule has 21 heavy (non-hydrogen) atoms. The van der Waals surface area contributed by atoms with Crippen molar-refractivity contribution in [3.63, 3.8) is 0 Å². The molecule has 0 aliphatic carbocycles. The Labute approximate surface area is 129 Å². The van der Waals surface area contributed by atoms with E-state index in [0.717, 1.165) is 11.1 Å². The van der Waals surface area contributed by atoms with Crippen LogP contribution in [0.3, 0.4) is 0 Å². The van der Waals surface area contributed by atoms with Crippen LogP contribution in [-0.4, -0.2) is 9.97 Å². The van der Waals surface area contributed by atoms with Gasteiger partial charge in [0.2, 0.25) is 0 Å². The second-order valence-electron chi connectivity index (χ2n) is 5.42. The lowest BCUT2D eigenvalue weighted by Gasteiger charge is -2.18. The van der Waals surface area contributed by atoms with Crippen molar-refractivity contribution >= 4 is 17.4 Å². The molecule has 2 aromatic rings. The summed E-state index contributed by atoms with van der Waals surface area (Å²) in [7, 11) is 0. The predicted molar refractivity (Wildman–Crippen MR) is 84.3 cm³/mol. The molecule has 0 fully saturated rings. The van der Waals surface area contributed by atoms with Crippen LogP contribution in [0, 0.1) is 12.7 Å². The van der Waals surface area contributed by atoms with Crippen LogP contribution in [0.4, 0.5) is 10.2 Å². The van der Waals surface area contributed by atoms with Crippen molar-refractivity contribution in [1.82, 2.24) is 9.97 Å². The minimum Gasteiger partial charge on any atom is -0.363 e. The molecule has 1 heterocycles. The molecule has 1 aromatic heterocycles. The van der Waals surface area contributed by atoms with Crippen molar-refractivity contribution in [3.8, 4) is 0 Å². The first-order valence-corrected chi connectivity index (χ1v) is 7.32. The maximum Gasteiger partial charge on any atom is 0.137 e.